The number of hydrogen-bond donors (Lipinski definition) is 0. The van der Waals surface area contributed by atoms with Gasteiger partial charge in [-0.3, -0.25) is 4.90 Å². The van der Waals surface area contributed by atoms with E-state index in [0.29, 0.717) is 0 Å². The van der Waals surface area contributed by atoms with Crippen molar-refractivity contribution in [3.05, 3.63) is 29.8 Å². The summed E-state index contributed by atoms with van der Waals surface area (Å²) >= 11 is 0. The highest BCUT2D eigenvalue weighted by molar-refractivity contribution is 5.27. The van der Waals surface area contributed by atoms with Gasteiger partial charge in [0.05, 0.1) is 0 Å². The monoisotopic (exact) mass is 270 g/mol. The molecule has 5 heteroatoms. The molecule has 0 bridgehead atoms. The summed E-state index contributed by atoms with van der Waals surface area (Å²) in [5.41, 5.74) is 1.13. The molecule has 3 nitrogen and oxygen atoms in total. The minimum atomic E-state index is -2.76. The summed E-state index contributed by atoms with van der Waals surface area (Å²) < 4.78 is 28.4. The summed E-state index contributed by atoms with van der Waals surface area (Å²) in [6.07, 6.45) is 0. The standard InChI is InChI=1S/C14H20F2N2O/c1-2-17-7-9-18(10-8-17)11-12-3-5-13(6-4-12)19-14(15)16/h3-6,14H,2,7-11H2,1H3. The maximum absolute atomic E-state index is 12.0. The van der Waals surface area contributed by atoms with Crippen LogP contribution >= 0.6 is 0 Å². The van der Waals surface area contributed by atoms with Crippen molar-refractivity contribution in [2.45, 2.75) is 20.1 Å². The first-order valence-electron chi connectivity index (χ1n) is 6.66. The molecule has 0 unspecified atom stereocenters. The Hall–Kier alpha value is -1.20. The van der Waals surface area contributed by atoms with Crippen LogP contribution in [-0.4, -0.2) is 49.1 Å². The van der Waals surface area contributed by atoms with Crippen molar-refractivity contribution < 1.29 is 13.5 Å². The third-order valence-corrected chi connectivity index (χ3v) is 3.47. The molecule has 0 radical (unpaired) electrons. The molecule has 1 aliphatic heterocycles. The molecular weight excluding hydrogens is 250 g/mol. The van der Waals surface area contributed by atoms with Gasteiger partial charge in [-0.25, -0.2) is 0 Å². The number of rotatable bonds is 5. The van der Waals surface area contributed by atoms with Crippen molar-refractivity contribution in [2.75, 3.05) is 32.7 Å². The van der Waals surface area contributed by atoms with Crippen LogP contribution in [0.4, 0.5) is 8.78 Å². The molecule has 0 amide bonds. The fourth-order valence-corrected chi connectivity index (χ4v) is 2.30. The molecular formula is C14H20F2N2O. The molecule has 2 rings (SSSR count). The highest BCUT2D eigenvalue weighted by atomic mass is 19.3. The summed E-state index contributed by atoms with van der Waals surface area (Å²) in [4.78, 5) is 4.81. The topological polar surface area (TPSA) is 15.7 Å². The van der Waals surface area contributed by atoms with Crippen molar-refractivity contribution in [1.82, 2.24) is 9.80 Å². The smallest absolute Gasteiger partial charge is 0.387 e. The van der Waals surface area contributed by atoms with Gasteiger partial charge >= 0.3 is 6.61 Å². The van der Waals surface area contributed by atoms with E-state index in [1.165, 1.54) is 0 Å². The maximum atomic E-state index is 12.0. The second kappa shape index (κ2) is 6.82. The lowest BCUT2D eigenvalue weighted by Crippen LogP contribution is -2.45. The summed E-state index contributed by atoms with van der Waals surface area (Å²) in [5.74, 6) is 0.217. The van der Waals surface area contributed by atoms with Gasteiger partial charge in [0, 0.05) is 32.7 Å². The first-order chi connectivity index (χ1) is 9.17. The Morgan fingerprint density at radius 3 is 2.16 bits per heavy atom. The number of hydrogen-bond acceptors (Lipinski definition) is 3. The van der Waals surface area contributed by atoms with Crippen LogP contribution in [0.3, 0.4) is 0 Å². The summed E-state index contributed by atoms with van der Waals surface area (Å²) in [5, 5.41) is 0. The second-order valence-corrected chi connectivity index (χ2v) is 4.73. The molecule has 0 N–H and O–H groups in total. The lowest BCUT2D eigenvalue weighted by Gasteiger charge is -2.34. The number of benzene rings is 1. The average Bonchev–Trinajstić information content (AvgIpc) is 2.41. The number of alkyl halides is 2. The Labute approximate surface area is 112 Å². The summed E-state index contributed by atoms with van der Waals surface area (Å²) in [6.45, 7) is 5.71. The van der Waals surface area contributed by atoms with E-state index in [0.717, 1.165) is 44.8 Å². The summed E-state index contributed by atoms with van der Waals surface area (Å²) in [6, 6.07) is 6.90. The van der Waals surface area contributed by atoms with E-state index in [1.807, 2.05) is 12.1 Å². The second-order valence-electron chi connectivity index (χ2n) is 4.73. The van der Waals surface area contributed by atoms with Gasteiger partial charge in [-0.15, -0.1) is 0 Å². The zero-order valence-electron chi connectivity index (χ0n) is 11.2. The highest BCUT2D eigenvalue weighted by Crippen LogP contribution is 2.16. The van der Waals surface area contributed by atoms with Crippen LogP contribution < -0.4 is 4.74 Å². The fourth-order valence-electron chi connectivity index (χ4n) is 2.30. The van der Waals surface area contributed by atoms with E-state index in [4.69, 9.17) is 0 Å². The average molecular weight is 270 g/mol. The van der Waals surface area contributed by atoms with E-state index in [-0.39, 0.29) is 5.75 Å². The van der Waals surface area contributed by atoms with Gasteiger partial charge in [-0.1, -0.05) is 19.1 Å². The Morgan fingerprint density at radius 2 is 1.63 bits per heavy atom. The number of ether oxygens (including phenoxy) is 1. The van der Waals surface area contributed by atoms with Crippen LogP contribution in [0.2, 0.25) is 0 Å². The molecule has 1 fully saturated rings. The minimum absolute atomic E-state index is 0.217. The quantitative estimate of drug-likeness (QED) is 0.817. The molecule has 0 aliphatic carbocycles. The third-order valence-electron chi connectivity index (χ3n) is 3.47. The van der Waals surface area contributed by atoms with Crippen molar-refractivity contribution in [2.24, 2.45) is 0 Å². The predicted octanol–water partition coefficient (Wildman–Crippen LogP) is 2.43. The van der Waals surface area contributed by atoms with Gasteiger partial charge in [-0.2, -0.15) is 8.78 Å². The molecule has 0 spiro atoms. The van der Waals surface area contributed by atoms with E-state index in [1.54, 1.807) is 12.1 Å². The largest absolute Gasteiger partial charge is 0.435 e. The minimum Gasteiger partial charge on any atom is -0.435 e. The van der Waals surface area contributed by atoms with Crippen LogP contribution in [0.25, 0.3) is 0 Å². The van der Waals surface area contributed by atoms with Crippen LogP contribution in [-0.2, 0) is 6.54 Å². The van der Waals surface area contributed by atoms with Gasteiger partial charge in [-0.05, 0) is 24.2 Å². The number of likely N-dealkylation sites (N-methyl/N-ethyl adjacent to an activating group) is 1. The van der Waals surface area contributed by atoms with Crippen molar-refractivity contribution in [1.29, 1.82) is 0 Å². The number of piperazine rings is 1. The molecule has 19 heavy (non-hydrogen) atoms. The Balaban J connectivity index is 1.83. The molecule has 0 saturated carbocycles. The first-order valence-corrected chi connectivity index (χ1v) is 6.66. The van der Waals surface area contributed by atoms with Crippen LogP contribution in [0, 0.1) is 0 Å². The van der Waals surface area contributed by atoms with Crippen molar-refractivity contribution in [3.8, 4) is 5.75 Å². The lowest BCUT2D eigenvalue weighted by atomic mass is 10.2. The molecule has 106 valence electrons. The number of halogens is 2. The Kier molecular flexibility index (Phi) is 5.10. The van der Waals surface area contributed by atoms with Crippen LogP contribution in [0.15, 0.2) is 24.3 Å². The first kappa shape index (κ1) is 14.2. The fraction of sp³-hybridized carbons (Fsp3) is 0.571. The lowest BCUT2D eigenvalue weighted by molar-refractivity contribution is -0.0498. The van der Waals surface area contributed by atoms with E-state index < -0.39 is 6.61 Å². The van der Waals surface area contributed by atoms with E-state index in [2.05, 4.69) is 21.5 Å². The molecule has 0 aromatic heterocycles. The number of nitrogens with zero attached hydrogens (tertiary/aromatic N) is 2. The van der Waals surface area contributed by atoms with Gasteiger partial charge in [0.1, 0.15) is 5.75 Å². The zero-order chi connectivity index (χ0) is 13.7. The van der Waals surface area contributed by atoms with Gasteiger partial charge in [0.2, 0.25) is 0 Å². The van der Waals surface area contributed by atoms with E-state index in [9.17, 15) is 8.78 Å². The van der Waals surface area contributed by atoms with Gasteiger partial charge in [0.15, 0.2) is 0 Å². The Bertz CT molecular complexity index is 376. The zero-order valence-corrected chi connectivity index (χ0v) is 11.2. The van der Waals surface area contributed by atoms with Crippen molar-refractivity contribution in [3.63, 3.8) is 0 Å². The maximum Gasteiger partial charge on any atom is 0.387 e. The normalized spacial score (nSPS) is 17.9. The van der Waals surface area contributed by atoms with Gasteiger partial charge < -0.3 is 9.64 Å². The molecule has 1 aliphatic rings. The highest BCUT2D eigenvalue weighted by Gasteiger charge is 2.15. The predicted molar refractivity (Wildman–Crippen MR) is 70.5 cm³/mol. The molecule has 0 atom stereocenters. The SMILES string of the molecule is CCN1CCN(Cc2ccc(OC(F)F)cc2)CC1. The molecule has 1 aromatic rings. The molecule has 1 heterocycles. The van der Waals surface area contributed by atoms with Crippen molar-refractivity contribution >= 4 is 0 Å². The third kappa shape index (κ3) is 4.44. The van der Waals surface area contributed by atoms with Gasteiger partial charge in [0.25, 0.3) is 0 Å². The van der Waals surface area contributed by atoms with E-state index >= 15 is 0 Å². The molecule has 1 aromatic carbocycles. The molecule has 1 saturated heterocycles. The summed E-state index contributed by atoms with van der Waals surface area (Å²) in [7, 11) is 0. The van der Waals surface area contributed by atoms with Crippen LogP contribution in [0.1, 0.15) is 12.5 Å². The van der Waals surface area contributed by atoms with Crippen LogP contribution in [0.5, 0.6) is 5.75 Å². The Morgan fingerprint density at radius 1 is 1.05 bits per heavy atom.